The lowest BCUT2D eigenvalue weighted by molar-refractivity contribution is 0.991. The fraction of sp³-hybridized carbons (Fsp3) is 0.128. The van der Waals surface area contributed by atoms with Crippen molar-refractivity contribution in [3.05, 3.63) is 131 Å². The van der Waals surface area contributed by atoms with Crippen molar-refractivity contribution in [1.82, 2.24) is 4.57 Å². The van der Waals surface area contributed by atoms with Crippen LogP contribution in [0.3, 0.4) is 0 Å². The van der Waals surface area contributed by atoms with Crippen LogP contribution in [0.1, 0.15) is 36.8 Å². The highest BCUT2D eigenvalue weighted by atomic mass is 15.0. The average molecular weight is 514 g/mol. The second-order valence-electron chi connectivity index (χ2n) is 11.2. The Morgan fingerprint density at radius 3 is 1.68 bits per heavy atom. The minimum absolute atomic E-state index is 1.01. The van der Waals surface area contributed by atoms with Crippen molar-refractivity contribution in [2.24, 2.45) is 0 Å². The normalized spacial score (nSPS) is 14.9. The molecule has 0 unspecified atom stereocenters. The number of aryl methyl sites for hydroxylation is 1. The van der Waals surface area contributed by atoms with Gasteiger partial charge in [-0.1, -0.05) is 109 Å². The fourth-order valence-electron chi connectivity index (χ4n) is 6.99. The van der Waals surface area contributed by atoms with Crippen LogP contribution < -0.4 is 10.4 Å². The number of fused-ring (bicyclic) bond motifs is 5. The van der Waals surface area contributed by atoms with Crippen molar-refractivity contribution in [3.63, 3.8) is 0 Å². The molecule has 0 aliphatic heterocycles. The third-order valence-corrected chi connectivity index (χ3v) is 8.81. The zero-order valence-corrected chi connectivity index (χ0v) is 22.8. The van der Waals surface area contributed by atoms with Gasteiger partial charge in [0, 0.05) is 16.5 Å². The molecule has 192 valence electrons. The molecule has 1 heteroatoms. The Kier molecular flexibility index (Phi) is 5.38. The number of rotatable bonds is 3. The third-order valence-electron chi connectivity index (χ3n) is 8.81. The van der Waals surface area contributed by atoms with Crippen LogP contribution in [-0.2, 0) is 0 Å². The van der Waals surface area contributed by atoms with E-state index in [9.17, 15) is 0 Å². The lowest BCUT2D eigenvalue weighted by atomic mass is 9.84. The van der Waals surface area contributed by atoms with Gasteiger partial charge in [-0.05, 0) is 94.3 Å². The standard InChI is InChI=1S/C39H31N/c1-26-18-20-27(21-19-26)38-32-12-2-4-14-34(32)39(35-15-5-3-13-33(35)38)28-22-24-29(25-23-28)40-36-16-8-6-10-30(36)31-11-7-9-17-37(31)40/h2,4,6-22,24H,3,5,23,25H2,1H3. The first-order valence-corrected chi connectivity index (χ1v) is 14.5. The van der Waals surface area contributed by atoms with Gasteiger partial charge in [-0.3, -0.25) is 0 Å². The van der Waals surface area contributed by atoms with E-state index < -0.39 is 0 Å². The van der Waals surface area contributed by atoms with Crippen molar-refractivity contribution >= 4 is 56.0 Å². The minimum Gasteiger partial charge on any atom is -0.313 e. The van der Waals surface area contributed by atoms with E-state index in [1.807, 2.05) is 0 Å². The zero-order valence-electron chi connectivity index (χ0n) is 22.8. The molecule has 0 saturated carbocycles. The van der Waals surface area contributed by atoms with Gasteiger partial charge in [-0.15, -0.1) is 0 Å². The summed E-state index contributed by atoms with van der Waals surface area (Å²) in [5.74, 6) is 0. The van der Waals surface area contributed by atoms with Crippen LogP contribution in [0.5, 0.6) is 0 Å². The van der Waals surface area contributed by atoms with Crippen LogP contribution in [0.2, 0.25) is 0 Å². The highest BCUT2D eigenvalue weighted by Crippen LogP contribution is 2.38. The summed E-state index contributed by atoms with van der Waals surface area (Å²) in [5, 5.41) is 8.19. The summed E-state index contributed by atoms with van der Waals surface area (Å²) < 4.78 is 2.48. The Hall–Kier alpha value is -4.62. The lowest BCUT2D eigenvalue weighted by Gasteiger charge is -2.22. The maximum atomic E-state index is 2.49. The fourth-order valence-corrected chi connectivity index (χ4v) is 6.99. The van der Waals surface area contributed by atoms with Crippen LogP contribution in [0.4, 0.5) is 0 Å². The molecule has 1 aromatic heterocycles. The Bertz CT molecular complexity index is 2100. The lowest BCUT2D eigenvalue weighted by Crippen LogP contribution is -2.33. The maximum absolute atomic E-state index is 2.49. The molecule has 40 heavy (non-hydrogen) atoms. The molecule has 8 rings (SSSR count). The second-order valence-corrected chi connectivity index (χ2v) is 11.2. The molecule has 0 spiro atoms. The maximum Gasteiger partial charge on any atom is 0.0537 e. The van der Waals surface area contributed by atoms with Crippen molar-refractivity contribution < 1.29 is 0 Å². The smallest absolute Gasteiger partial charge is 0.0537 e. The molecular formula is C39H31N. The molecule has 0 bridgehead atoms. The summed E-state index contributed by atoms with van der Waals surface area (Å²) in [7, 11) is 0. The molecule has 1 heterocycles. The van der Waals surface area contributed by atoms with Crippen molar-refractivity contribution in [2.45, 2.75) is 32.6 Å². The highest BCUT2D eigenvalue weighted by Gasteiger charge is 2.20. The number of hydrogen-bond acceptors (Lipinski definition) is 0. The van der Waals surface area contributed by atoms with Gasteiger partial charge in [0.15, 0.2) is 0 Å². The average Bonchev–Trinajstić information content (AvgIpc) is 3.35. The van der Waals surface area contributed by atoms with Crippen LogP contribution >= 0.6 is 0 Å². The predicted octanol–water partition coefficient (Wildman–Crippen LogP) is 9.00. The van der Waals surface area contributed by atoms with Gasteiger partial charge in [-0.25, -0.2) is 0 Å². The summed E-state index contributed by atoms with van der Waals surface area (Å²) in [5.41, 5.74) is 10.8. The number of nitrogens with zero attached hydrogens (tertiary/aromatic N) is 1. The molecule has 0 amide bonds. The molecule has 1 nitrogen and oxygen atoms in total. The van der Waals surface area contributed by atoms with E-state index in [4.69, 9.17) is 0 Å². The van der Waals surface area contributed by atoms with Gasteiger partial charge < -0.3 is 4.57 Å². The molecule has 0 atom stereocenters. The first-order valence-electron chi connectivity index (χ1n) is 14.5. The number of allylic oxidation sites excluding steroid dienone is 4. The summed E-state index contributed by atoms with van der Waals surface area (Å²) in [4.78, 5) is 0. The summed E-state index contributed by atoms with van der Waals surface area (Å²) >= 11 is 0. The Labute approximate surface area is 234 Å². The summed E-state index contributed by atoms with van der Waals surface area (Å²) in [6.07, 6.45) is 14.0. The number of benzene rings is 5. The summed E-state index contributed by atoms with van der Waals surface area (Å²) in [6.45, 7) is 2.16. The minimum atomic E-state index is 1.01. The van der Waals surface area contributed by atoms with E-state index in [0.717, 1.165) is 25.7 Å². The van der Waals surface area contributed by atoms with Crippen molar-refractivity contribution in [1.29, 1.82) is 0 Å². The van der Waals surface area contributed by atoms with Crippen LogP contribution in [-0.4, -0.2) is 4.57 Å². The SMILES string of the molecule is Cc1ccc(-c2c3c(c(C4=CC=C(n5c6ccccc6c6ccccc65)CC4)c4ccccc24)=CCCC=3)cc1. The van der Waals surface area contributed by atoms with Gasteiger partial charge in [0.2, 0.25) is 0 Å². The van der Waals surface area contributed by atoms with Crippen LogP contribution in [0.25, 0.3) is 67.1 Å². The Morgan fingerprint density at radius 1 is 0.525 bits per heavy atom. The molecule has 0 N–H and O–H groups in total. The molecule has 0 saturated heterocycles. The highest BCUT2D eigenvalue weighted by molar-refractivity contribution is 6.10. The van der Waals surface area contributed by atoms with Gasteiger partial charge in [-0.2, -0.15) is 0 Å². The number of hydrogen-bond donors (Lipinski definition) is 0. The molecular weight excluding hydrogens is 482 g/mol. The molecule has 0 radical (unpaired) electrons. The van der Waals surface area contributed by atoms with Gasteiger partial charge >= 0.3 is 0 Å². The van der Waals surface area contributed by atoms with E-state index in [1.165, 1.54) is 76.5 Å². The second kappa shape index (κ2) is 9.24. The first kappa shape index (κ1) is 23.3. The van der Waals surface area contributed by atoms with E-state index in [1.54, 1.807) is 0 Å². The topological polar surface area (TPSA) is 4.93 Å². The summed E-state index contributed by atoms with van der Waals surface area (Å²) in [6, 6.07) is 35.7. The van der Waals surface area contributed by atoms with Gasteiger partial charge in [0.1, 0.15) is 0 Å². The van der Waals surface area contributed by atoms with Crippen molar-refractivity contribution in [3.8, 4) is 11.1 Å². The molecule has 2 aliphatic carbocycles. The first-order chi connectivity index (χ1) is 19.8. The molecule has 0 fully saturated rings. The number of aromatic nitrogens is 1. The zero-order chi connectivity index (χ0) is 26.6. The Morgan fingerprint density at radius 2 is 1.07 bits per heavy atom. The van der Waals surface area contributed by atoms with E-state index in [-0.39, 0.29) is 0 Å². The van der Waals surface area contributed by atoms with E-state index >= 15 is 0 Å². The molecule has 2 aliphatic rings. The van der Waals surface area contributed by atoms with Crippen LogP contribution in [0, 0.1) is 6.92 Å². The third kappa shape index (κ3) is 3.54. The predicted molar refractivity (Wildman–Crippen MR) is 172 cm³/mol. The van der Waals surface area contributed by atoms with Gasteiger partial charge in [0.05, 0.1) is 11.0 Å². The number of para-hydroxylation sites is 2. The van der Waals surface area contributed by atoms with Crippen LogP contribution in [0.15, 0.2) is 109 Å². The Balaban J connectivity index is 1.36. The molecule has 5 aromatic carbocycles. The van der Waals surface area contributed by atoms with Gasteiger partial charge in [0.25, 0.3) is 0 Å². The monoisotopic (exact) mass is 513 g/mol. The largest absolute Gasteiger partial charge is 0.313 e. The molecule has 6 aromatic rings. The van der Waals surface area contributed by atoms with E-state index in [2.05, 4.69) is 133 Å². The van der Waals surface area contributed by atoms with Crippen molar-refractivity contribution in [2.75, 3.05) is 0 Å². The quantitative estimate of drug-likeness (QED) is 0.222. The van der Waals surface area contributed by atoms with E-state index in [0.29, 0.717) is 0 Å².